The predicted octanol–water partition coefficient (Wildman–Crippen LogP) is 1.09. The van der Waals surface area contributed by atoms with Crippen LogP contribution in [0.1, 0.15) is 11.3 Å². The van der Waals surface area contributed by atoms with Crippen LogP contribution in [-0.4, -0.2) is 21.6 Å². The van der Waals surface area contributed by atoms with Crippen LogP contribution < -0.4 is 16.0 Å². The van der Waals surface area contributed by atoms with Crippen molar-refractivity contribution in [3.63, 3.8) is 0 Å². The van der Waals surface area contributed by atoms with Crippen LogP contribution in [0.25, 0.3) is 0 Å². The van der Waals surface area contributed by atoms with Gasteiger partial charge in [0.2, 0.25) is 5.88 Å². The minimum absolute atomic E-state index is 0.513. The number of hydrogen-bond acceptors (Lipinski definition) is 6. The Hall–Kier alpha value is -2.21. The second kappa shape index (κ2) is 5.92. The van der Waals surface area contributed by atoms with Gasteiger partial charge < -0.3 is 10.2 Å². The molecule has 0 aliphatic rings. The molecular weight excluding hydrogens is 230 g/mol. The van der Waals surface area contributed by atoms with Crippen molar-refractivity contribution < 1.29 is 4.74 Å². The van der Waals surface area contributed by atoms with Gasteiger partial charge in [-0.25, -0.2) is 15.8 Å². The third-order valence-electron chi connectivity index (χ3n) is 2.50. The maximum absolute atomic E-state index is 5.60. The molecule has 0 aliphatic carbocycles. The Balaban J connectivity index is 1.95. The van der Waals surface area contributed by atoms with Gasteiger partial charge in [-0.2, -0.15) is 0 Å². The summed E-state index contributed by atoms with van der Waals surface area (Å²) in [6.45, 7) is 2.37. The number of ether oxygens (including phenoxy) is 1. The molecule has 0 saturated carbocycles. The number of pyridine rings is 1. The van der Waals surface area contributed by atoms with Gasteiger partial charge in [0.15, 0.2) is 0 Å². The molecule has 18 heavy (non-hydrogen) atoms. The van der Waals surface area contributed by atoms with Gasteiger partial charge in [-0.15, -0.1) is 0 Å². The summed E-state index contributed by atoms with van der Waals surface area (Å²) in [4.78, 5) is 12.3. The summed E-state index contributed by atoms with van der Waals surface area (Å²) in [6.07, 6.45) is 3.91. The Morgan fingerprint density at radius 1 is 1.28 bits per heavy atom. The Labute approximate surface area is 105 Å². The lowest BCUT2D eigenvalue weighted by Crippen LogP contribution is -2.12. The highest BCUT2D eigenvalue weighted by Crippen LogP contribution is 2.19. The van der Waals surface area contributed by atoms with Gasteiger partial charge in [-0.05, 0) is 19.1 Å². The Morgan fingerprint density at radius 2 is 2.17 bits per heavy atom. The van der Waals surface area contributed by atoms with Crippen LogP contribution in [-0.2, 0) is 6.42 Å². The lowest BCUT2D eigenvalue weighted by Gasteiger charge is -2.09. The minimum atomic E-state index is 0.513. The van der Waals surface area contributed by atoms with Crippen molar-refractivity contribution in [2.45, 2.75) is 13.3 Å². The molecule has 0 spiro atoms. The number of rotatable bonds is 5. The summed E-state index contributed by atoms with van der Waals surface area (Å²) in [5, 5.41) is 0. The van der Waals surface area contributed by atoms with E-state index in [4.69, 9.17) is 10.6 Å². The molecule has 0 unspecified atom stereocenters. The van der Waals surface area contributed by atoms with Crippen molar-refractivity contribution >= 4 is 5.82 Å². The van der Waals surface area contributed by atoms with Gasteiger partial charge in [0.05, 0.1) is 12.2 Å². The summed E-state index contributed by atoms with van der Waals surface area (Å²) in [6, 6.07) is 5.80. The quantitative estimate of drug-likeness (QED) is 0.605. The van der Waals surface area contributed by atoms with Crippen LogP contribution in [0.3, 0.4) is 0 Å². The molecule has 0 fully saturated rings. The molecule has 0 amide bonds. The maximum Gasteiger partial charge on any atom is 0.221 e. The fraction of sp³-hybridized carbons (Fsp3) is 0.250. The van der Waals surface area contributed by atoms with E-state index in [9.17, 15) is 0 Å². The molecule has 2 heterocycles. The van der Waals surface area contributed by atoms with Gasteiger partial charge in [-0.3, -0.25) is 4.98 Å². The lowest BCUT2D eigenvalue weighted by atomic mass is 10.3. The van der Waals surface area contributed by atoms with Gasteiger partial charge in [0, 0.05) is 18.3 Å². The van der Waals surface area contributed by atoms with Crippen molar-refractivity contribution in [2.24, 2.45) is 5.84 Å². The van der Waals surface area contributed by atoms with E-state index in [-0.39, 0.29) is 0 Å². The Morgan fingerprint density at radius 3 is 2.89 bits per heavy atom. The molecule has 0 radical (unpaired) electrons. The average Bonchev–Trinajstić information content (AvgIpc) is 2.42. The summed E-state index contributed by atoms with van der Waals surface area (Å²) in [5.74, 6) is 6.44. The van der Waals surface area contributed by atoms with E-state index < -0.39 is 0 Å². The molecule has 6 heteroatoms. The largest absolute Gasteiger partial charge is 0.477 e. The van der Waals surface area contributed by atoms with Gasteiger partial charge >= 0.3 is 0 Å². The first-order valence-corrected chi connectivity index (χ1v) is 5.62. The van der Waals surface area contributed by atoms with Crippen molar-refractivity contribution in [3.8, 4) is 5.88 Å². The third kappa shape index (κ3) is 2.92. The van der Waals surface area contributed by atoms with E-state index in [1.165, 1.54) is 6.33 Å². The number of hydrazine groups is 1. The van der Waals surface area contributed by atoms with Crippen LogP contribution in [0.2, 0.25) is 0 Å². The van der Waals surface area contributed by atoms with Crippen LogP contribution >= 0.6 is 0 Å². The number of nitrogens with two attached hydrogens (primary N) is 1. The summed E-state index contributed by atoms with van der Waals surface area (Å²) in [7, 11) is 0. The van der Waals surface area contributed by atoms with E-state index >= 15 is 0 Å². The molecule has 2 aromatic rings. The Kier molecular flexibility index (Phi) is 4.03. The van der Waals surface area contributed by atoms with E-state index in [1.54, 1.807) is 6.20 Å². The summed E-state index contributed by atoms with van der Waals surface area (Å²) >= 11 is 0. The smallest absolute Gasteiger partial charge is 0.221 e. The monoisotopic (exact) mass is 245 g/mol. The molecule has 0 atom stereocenters. The lowest BCUT2D eigenvalue weighted by molar-refractivity contribution is 0.305. The van der Waals surface area contributed by atoms with Crippen molar-refractivity contribution in [3.05, 3.63) is 42.0 Å². The molecule has 3 N–H and O–H groups in total. The number of anilines is 1. The molecule has 0 bridgehead atoms. The predicted molar refractivity (Wildman–Crippen MR) is 68.0 cm³/mol. The number of nitrogens with zero attached hydrogens (tertiary/aromatic N) is 3. The van der Waals surface area contributed by atoms with E-state index in [1.807, 2.05) is 25.1 Å². The zero-order chi connectivity index (χ0) is 12.8. The normalized spacial score (nSPS) is 10.1. The topological polar surface area (TPSA) is 86.0 Å². The van der Waals surface area contributed by atoms with Gasteiger partial charge in [0.25, 0.3) is 0 Å². The highest BCUT2D eigenvalue weighted by molar-refractivity contribution is 5.46. The summed E-state index contributed by atoms with van der Waals surface area (Å²) in [5.41, 5.74) is 4.28. The van der Waals surface area contributed by atoms with Crippen molar-refractivity contribution in [1.29, 1.82) is 0 Å². The van der Waals surface area contributed by atoms with Crippen LogP contribution in [0.4, 0.5) is 5.82 Å². The second-order valence-electron chi connectivity index (χ2n) is 3.72. The first kappa shape index (κ1) is 12.3. The molecule has 6 nitrogen and oxygen atoms in total. The number of nitrogens with one attached hydrogen (secondary N) is 1. The molecule has 0 aliphatic heterocycles. The first-order chi connectivity index (χ1) is 8.81. The van der Waals surface area contributed by atoms with E-state index in [2.05, 4.69) is 20.4 Å². The number of hydrogen-bond donors (Lipinski definition) is 2. The number of aromatic nitrogens is 3. The molecule has 94 valence electrons. The molecular formula is C12H15N5O. The van der Waals surface area contributed by atoms with Crippen LogP contribution in [0.5, 0.6) is 5.88 Å². The van der Waals surface area contributed by atoms with Crippen molar-refractivity contribution in [2.75, 3.05) is 12.0 Å². The second-order valence-corrected chi connectivity index (χ2v) is 3.72. The highest BCUT2D eigenvalue weighted by atomic mass is 16.5. The first-order valence-electron chi connectivity index (χ1n) is 5.62. The zero-order valence-corrected chi connectivity index (χ0v) is 10.1. The number of nitrogen functional groups attached to an aromatic ring is 1. The third-order valence-corrected chi connectivity index (χ3v) is 2.50. The summed E-state index contributed by atoms with van der Waals surface area (Å²) < 4.78 is 5.60. The minimum Gasteiger partial charge on any atom is -0.477 e. The van der Waals surface area contributed by atoms with Crippen LogP contribution in [0.15, 0.2) is 30.7 Å². The molecule has 2 aromatic heterocycles. The van der Waals surface area contributed by atoms with Gasteiger partial charge in [-0.1, -0.05) is 6.07 Å². The Bertz CT molecular complexity index is 503. The average molecular weight is 245 g/mol. The van der Waals surface area contributed by atoms with E-state index in [0.717, 1.165) is 17.7 Å². The molecule has 0 saturated heterocycles. The highest BCUT2D eigenvalue weighted by Gasteiger charge is 2.06. The van der Waals surface area contributed by atoms with Gasteiger partial charge in [0.1, 0.15) is 12.1 Å². The maximum atomic E-state index is 5.60. The molecule has 2 rings (SSSR count). The standard InChI is InChI=1S/C12H15N5O/c1-9-11(17-13)15-8-16-12(9)18-7-5-10-4-2-3-6-14-10/h2-4,6,8H,5,7,13H2,1H3,(H,15,16,17). The van der Waals surface area contributed by atoms with Crippen LogP contribution in [0, 0.1) is 6.92 Å². The zero-order valence-electron chi connectivity index (χ0n) is 10.1. The molecule has 0 aromatic carbocycles. The fourth-order valence-electron chi connectivity index (χ4n) is 1.52. The van der Waals surface area contributed by atoms with Crippen molar-refractivity contribution in [1.82, 2.24) is 15.0 Å². The fourth-order valence-corrected chi connectivity index (χ4v) is 1.52. The van der Waals surface area contributed by atoms with E-state index in [0.29, 0.717) is 18.3 Å². The SMILES string of the molecule is Cc1c(NN)ncnc1OCCc1ccccn1.